The van der Waals surface area contributed by atoms with E-state index in [-0.39, 0.29) is 5.91 Å². The third-order valence-corrected chi connectivity index (χ3v) is 2.13. The van der Waals surface area contributed by atoms with Gasteiger partial charge in [0.25, 0.3) is 5.91 Å². The van der Waals surface area contributed by atoms with E-state index in [1.165, 1.54) is 4.90 Å². The third-order valence-electron chi connectivity index (χ3n) is 2.13. The number of aromatic nitrogens is 1. The Bertz CT molecular complexity index is 403. The first kappa shape index (κ1) is 12.1. The minimum atomic E-state index is -0.115. The van der Waals surface area contributed by atoms with E-state index in [4.69, 9.17) is 6.42 Å². The lowest BCUT2D eigenvalue weighted by Crippen LogP contribution is -2.27. The molecule has 16 heavy (non-hydrogen) atoms. The van der Waals surface area contributed by atoms with Gasteiger partial charge in [-0.15, -0.1) is 6.42 Å². The van der Waals surface area contributed by atoms with Crippen molar-refractivity contribution in [1.29, 1.82) is 0 Å². The minimum absolute atomic E-state index is 0.115. The van der Waals surface area contributed by atoms with Gasteiger partial charge >= 0.3 is 0 Å². The number of pyridine rings is 1. The molecule has 0 atom stereocenters. The smallest absolute Gasteiger partial charge is 0.255 e. The maximum atomic E-state index is 11.8. The van der Waals surface area contributed by atoms with Crippen LogP contribution in [0.5, 0.6) is 0 Å². The molecule has 0 saturated heterocycles. The highest BCUT2D eigenvalue weighted by atomic mass is 16.2. The van der Waals surface area contributed by atoms with Crippen molar-refractivity contribution in [2.45, 2.75) is 0 Å². The summed E-state index contributed by atoms with van der Waals surface area (Å²) < 4.78 is 0. The Hall–Kier alpha value is -2.02. The average Bonchev–Trinajstić information content (AvgIpc) is 2.28. The van der Waals surface area contributed by atoms with Crippen LogP contribution in [0.25, 0.3) is 0 Å². The van der Waals surface area contributed by atoms with E-state index in [0.29, 0.717) is 12.1 Å². The number of nitrogens with zero attached hydrogens (tertiary/aromatic N) is 3. The molecule has 4 nitrogen and oxygen atoms in total. The quantitative estimate of drug-likeness (QED) is 0.704. The molecule has 0 spiro atoms. The lowest BCUT2D eigenvalue weighted by molar-refractivity contribution is 0.0812. The lowest BCUT2D eigenvalue weighted by atomic mass is 10.2. The van der Waals surface area contributed by atoms with Crippen molar-refractivity contribution < 1.29 is 4.79 Å². The second-order valence-corrected chi connectivity index (χ2v) is 3.66. The molecular weight excluding hydrogens is 202 g/mol. The molecule has 84 valence electrons. The molecule has 0 saturated carbocycles. The maximum absolute atomic E-state index is 11.8. The summed E-state index contributed by atoms with van der Waals surface area (Å²) in [5, 5.41) is 0. The van der Waals surface area contributed by atoms with E-state index in [2.05, 4.69) is 10.9 Å². The molecule has 0 aliphatic heterocycles. The summed E-state index contributed by atoms with van der Waals surface area (Å²) in [4.78, 5) is 19.3. The standard InChI is InChI=1S/C12H15N3O/c1-5-8-15(4)12(16)10-6-7-11(13-9-10)14(2)3/h1,6-7,9H,8H2,2-4H3. The highest BCUT2D eigenvalue weighted by Gasteiger charge is 2.10. The van der Waals surface area contributed by atoms with Crippen molar-refractivity contribution >= 4 is 11.7 Å². The molecule has 0 aromatic carbocycles. The Balaban J connectivity index is 2.82. The van der Waals surface area contributed by atoms with Crippen LogP contribution in [0.1, 0.15) is 10.4 Å². The predicted molar refractivity (Wildman–Crippen MR) is 64.4 cm³/mol. The predicted octanol–water partition coefficient (Wildman–Crippen LogP) is 0.853. The van der Waals surface area contributed by atoms with Crippen LogP contribution in [-0.4, -0.2) is 43.5 Å². The minimum Gasteiger partial charge on any atom is -0.363 e. The van der Waals surface area contributed by atoms with Crippen molar-refractivity contribution in [3.8, 4) is 12.3 Å². The van der Waals surface area contributed by atoms with Crippen LogP contribution < -0.4 is 4.90 Å². The van der Waals surface area contributed by atoms with Crippen LogP contribution in [0, 0.1) is 12.3 Å². The monoisotopic (exact) mass is 217 g/mol. The molecule has 1 amide bonds. The van der Waals surface area contributed by atoms with E-state index < -0.39 is 0 Å². The first-order valence-corrected chi connectivity index (χ1v) is 4.88. The molecule has 0 bridgehead atoms. The number of terminal acetylenes is 1. The largest absolute Gasteiger partial charge is 0.363 e. The van der Waals surface area contributed by atoms with E-state index in [1.807, 2.05) is 19.0 Å². The molecule has 0 fully saturated rings. The van der Waals surface area contributed by atoms with Crippen molar-refractivity contribution in [3.05, 3.63) is 23.9 Å². The summed E-state index contributed by atoms with van der Waals surface area (Å²) in [6.07, 6.45) is 6.70. The van der Waals surface area contributed by atoms with E-state index in [9.17, 15) is 4.79 Å². The van der Waals surface area contributed by atoms with E-state index in [0.717, 1.165) is 5.82 Å². The Morgan fingerprint density at radius 3 is 2.56 bits per heavy atom. The van der Waals surface area contributed by atoms with Crippen LogP contribution in [0.3, 0.4) is 0 Å². The fourth-order valence-corrected chi connectivity index (χ4v) is 1.21. The first-order valence-electron chi connectivity index (χ1n) is 4.88. The summed E-state index contributed by atoms with van der Waals surface area (Å²) in [7, 11) is 5.46. The topological polar surface area (TPSA) is 36.4 Å². The molecule has 1 rings (SSSR count). The summed E-state index contributed by atoms with van der Waals surface area (Å²) >= 11 is 0. The highest BCUT2D eigenvalue weighted by Crippen LogP contribution is 2.09. The van der Waals surface area contributed by atoms with E-state index in [1.54, 1.807) is 25.4 Å². The second-order valence-electron chi connectivity index (χ2n) is 3.66. The van der Waals surface area contributed by atoms with Crippen LogP contribution in [0.4, 0.5) is 5.82 Å². The molecule has 0 aliphatic carbocycles. The summed E-state index contributed by atoms with van der Waals surface area (Å²) in [5.41, 5.74) is 0.545. The Morgan fingerprint density at radius 1 is 1.44 bits per heavy atom. The molecule has 0 radical (unpaired) electrons. The van der Waals surface area contributed by atoms with Gasteiger partial charge in [0.05, 0.1) is 12.1 Å². The van der Waals surface area contributed by atoms with Gasteiger partial charge in [-0.25, -0.2) is 4.98 Å². The van der Waals surface area contributed by atoms with Crippen LogP contribution >= 0.6 is 0 Å². The normalized spacial score (nSPS) is 9.38. The fraction of sp³-hybridized carbons (Fsp3) is 0.333. The zero-order valence-corrected chi connectivity index (χ0v) is 9.77. The van der Waals surface area contributed by atoms with Crippen molar-refractivity contribution in [1.82, 2.24) is 9.88 Å². The molecule has 0 N–H and O–H groups in total. The zero-order chi connectivity index (χ0) is 12.1. The number of carbonyl (C=O) groups excluding carboxylic acids is 1. The van der Waals surface area contributed by atoms with E-state index >= 15 is 0 Å². The lowest BCUT2D eigenvalue weighted by Gasteiger charge is -2.15. The molecule has 1 aromatic rings. The van der Waals surface area contributed by atoms with Crippen molar-refractivity contribution in [2.24, 2.45) is 0 Å². The van der Waals surface area contributed by atoms with Gasteiger partial charge in [-0.3, -0.25) is 4.79 Å². The third kappa shape index (κ3) is 2.74. The Morgan fingerprint density at radius 2 is 2.12 bits per heavy atom. The van der Waals surface area contributed by atoms with Crippen LogP contribution in [0.2, 0.25) is 0 Å². The van der Waals surface area contributed by atoms with Gasteiger partial charge in [-0.1, -0.05) is 5.92 Å². The number of anilines is 1. The molecule has 0 aliphatic rings. The van der Waals surface area contributed by atoms with Gasteiger partial charge in [0.1, 0.15) is 5.82 Å². The van der Waals surface area contributed by atoms with Gasteiger partial charge in [-0.2, -0.15) is 0 Å². The number of carbonyl (C=O) groups is 1. The molecule has 1 heterocycles. The summed E-state index contributed by atoms with van der Waals surface area (Å²) in [5.74, 6) is 3.13. The van der Waals surface area contributed by atoms with Crippen LogP contribution in [-0.2, 0) is 0 Å². The van der Waals surface area contributed by atoms with Gasteiger partial charge in [0.2, 0.25) is 0 Å². The maximum Gasteiger partial charge on any atom is 0.255 e. The second kappa shape index (κ2) is 5.17. The van der Waals surface area contributed by atoms with Crippen molar-refractivity contribution in [3.63, 3.8) is 0 Å². The molecule has 4 heteroatoms. The SMILES string of the molecule is C#CCN(C)C(=O)c1ccc(N(C)C)nc1. The average molecular weight is 217 g/mol. The van der Waals surface area contributed by atoms with Gasteiger partial charge in [-0.05, 0) is 12.1 Å². The molecular formula is C12H15N3O. The zero-order valence-electron chi connectivity index (χ0n) is 9.77. The van der Waals surface area contributed by atoms with Gasteiger partial charge in [0.15, 0.2) is 0 Å². The Kier molecular flexibility index (Phi) is 3.90. The number of hydrogen-bond donors (Lipinski definition) is 0. The summed E-state index contributed by atoms with van der Waals surface area (Å²) in [6, 6.07) is 3.55. The highest BCUT2D eigenvalue weighted by molar-refractivity contribution is 5.94. The summed E-state index contributed by atoms with van der Waals surface area (Å²) in [6.45, 7) is 0.300. The Labute approximate surface area is 95.9 Å². The van der Waals surface area contributed by atoms with Gasteiger partial charge < -0.3 is 9.80 Å². The number of rotatable bonds is 3. The van der Waals surface area contributed by atoms with Gasteiger partial charge in [0, 0.05) is 27.3 Å². The number of hydrogen-bond acceptors (Lipinski definition) is 3. The first-order chi connectivity index (χ1) is 7.56. The fourth-order valence-electron chi connectivity index (χ4n) is 1.21. The van der Waals surface area contributed by atoms with Crippen molar-refractivity contribution in [2.75, 3.05) is 32.6 Å². The molecule has 1 aromatic heterocycles. The van der Waals surface area contributed by atoms with Crippen LogP contribution in [0.15, 0.2) is 18.3 Å². The number of amides is 1. The molecule has 0 unspecified atom stereocenters.